The number of nitrogens with zero attached hydrogens (tertiary/aromatic N) is 2. The van der Waals surface area contributed by atoms with Crippen LogP contribution in [-0.2, 0) is 9.59 Å². The Morgan fingerprint density at radius 1 is 1.19 bits per heavy atom. The second-order valence-corrected chi connectivity index (χ2v) is 4.28. The summed E-state index contributed by atoms with van der Waals surface area (Å²) >= 11 is 5.75. The number of halogens is 1. The van der Waals surface area contributed by atoms with Gasteiger partial charge in [-0.05, 0) is 6.07 Å². The third kappa shape index (κ3) is 4.42. The van der Waals surface area contributed by atoms with Gasteiger partial charge in [0.2, 0.25) is 0 Å². The monoisotopic (exact) mass is 316 g/mol. The third-order valence-electron chi connectivity index (χ3n) is 2.33. The van der Waals surface area contributed by atoms with Crippen molar-refractivity contribution in [1.29, 1.82) is 0 Å². The van der Waals surface area contributed by atoms with Gasteiger partial charge in [-0.15, -0.1) is 0 Å². The van der Waals surface area contributed by atoms with E-state index in [0.29, 0.717) is 4.90 Å². The fraction of sp³-hybridized carbons (Fsp3) is 0.182. The molecule has 0 atom stereocenters. The molecule has 1 aromatic rings. The molecule has 0 fully saturated rings. The van der Waals surface area contributed by atoms with Crippen molar-refractivity contribution >= 4 is 35.1 Å². The molecule has 1 rings (SSSR count). The zero-order valence-corrected chi connectivity index (χ0v) is 11.1. The lowest BCUT2D eigenvalue weighted by molar-refractivity contribution is -0.384. The summed E-state index contributed by atoms with van der Waals surface area (Å²) in [5, 5.41) is 27.9. The number of nitro benzene ring substituents is 1. The van der Waals surface area contributed by atoms with E-state index in [9.17, 15) is 24.5 Å². The number of rotatable bonds is 6. The summed E-state index contributed by atoms with van der Waals surface area (Å²) in [6.07, 6.45) is 0. The van der Waals surface area contributed by atoms with E-state index in [0.717, 1.165) is 18.2 Å². The molecular formula is C11H9ClN2O7. The molecule has 0 bridgehead atoms. The minimum absolute atomic E-state index is 0.147. The molecule has 112 valence electrons. The van der Waals surface area contributed by atoms with Crippen LogP contribution in [-0.4, -0.2) is 51.0 Å². The molecule has 10 heteroatoms. The fourth-order valence-electron chi connectivity index (χ4n) is 1.49. The summed E-state index contributed by atoms with van der Waals surface area (Å²) in [5.41, 5.74) is -0.762. The van der Waals surface area contributed by atoms with E-state index in [1.807, 2.05) is 0 Å². The van der Waals surface area contributed by atoms with Crippen molar-refractivity contribution in [3.05, 3.63) is 38.9 Å². The van der Waals surface area contributed by atoms with Gasteiger partial charge in [0.25, 0.3) is 11.6 Å². The summed E-state index contributed by atoms with van der Waals surface area (Å²) < 4.78 is 0. The number of aliphatic carboxylic acids is 2. The van der Waals surface area contributed by atoms with Gasteiger partial charge >= 0.3 is 11.9 Å². The molecule has 0 aliphatic heterocycles. The molecule has 21 heavy (non-hydrogen) atoms. The number of hydrogen-bond acceptors (Lipinski definition) is 5. The first-order valence-electron chi connectivity index (χ1n) is 5.39. The van der Waals surface area contributed by atoms with Crippen LogP contribution in [0.4, 0.5) is 5.69 Å². The van der Waals surface area contributed by atoms with Crippen LogP contribution in [0, 0.1) is 10.1 Å². The molecule has 0 radical (unpaired) electrons. The van der Waals surface area contributed by atoms with E-state index in [4.69, 9.17) is 21.8 Å². The smallest absolute Gasteiger partial charge is 0.323 e. The molecule has 0 saturated carbocycles. The van der Waals surface area contributed by atoms with Crippen LogP contribution in [0.2, 0.25) is 5.02 Å². The van der Waals surface area contributed by atoms with Crippen LogP contribution in [0.15, 0.2) is 18.2 Å². The van der Waals surface area contributed by atoms with Gasteiger partial charge in [-0.1, -0.05) is 11.6 Å². The quantitative estimate of drug-likeness (QED) is 0.586. The first kappa shape index (κ1) is 16.4. The van der Waals surface area contributed by atoms with Crippen LogP contribution in [0.25, 0.3) is 0 Å². The standard InChI is InChI=1S/C11H9ClN2O7/c12-8-2-1-6(14(20)21)3-7(8)11(19)13(4-9(15)16)5-10(17)18/h1-3H,4-5H2,(H,15,16)(H,17,18). The number of benzene rings is 1. The Bertz CT molecular complexity index is 601. The zero-order chi connectivity index (χ0) is 16.2. The number of carboxylic acids is 2. The molecule has 2 N–H and O–H groups in total. The molecule has 0 aliphatic rings. The predicted molar refractivity (Wildman–Crippen MR) is 69.3 cm³/mol. The lowest BCUT2D eigenvalue weighted by Gasteiger charge is -2.18. The molecule has 0 unspecified atom stereocenters. The minimum Gasteiger partial charge on any atom is -0.480 e. The van der Waals surface area contributed by atoms with Crippen molar-refractivity contribution in [2.45, 2.75) is 0 Å². The molecule has 0 spiro atoms. The zero-order valence-electron chi connectivity index (χ0n) is 10.4. The van der Waals surface area contributed by atoms with E-state index in [2.05, 4.69) is 0 Å². The maximum atomic E-state index is 12.1. The van der Waals surface area contributed by atoms with E-state index in [-0.39, 0.29) is 10.6 Å². The number of nitro groups is 1. The van der Waals surface area contributed by atoms with Crippen molar-refractivity contribution in [2.75, 3.05) is 13.1 Å². The highest BCUT2D eigenvalue weighted by Crippen LogP contribution is 2.23. The van der Waals surface area contributed by atoms with E-state index in [1.54, 1.807) is 0 Å². The Balaban J connectivity index is 3.18. The predicted octanol–water partition coefficient (Wildman–Crippen LogP) is 0.860. The highest BCUT2D eigenvalue weighted by molar-refractivity contribution is 6.34. The summed E-state index contributed by atoms with van der Waals surface area (Å²) in [7, 11) is 0. The average molecular weight is 317 g/mol. The van der Waals surface area contributed by atoms with Gasteiger partial charge in [0.1, 0.15) is 13.1 Å². The Kier molecular flexibility index (Phi) is 5.19. The third-order valence-corrected chi connectivity index (χ3v) is 2.66. The Labute approximate surface area is 122 Å². The summed E-state index contributed by atoms with van der Waals surface area (Å²) in [4.78, 5) is 43.8. The van der Waals surface area contributed by atoms with E-state index in [1.165, 1.54) is 0 Å². The van der Waals surface area contributed by atoms with Crippen molar-refractivity contribution in [2.24, 2.45) is 0 Å². The number of hydrogen-bond donors (Lipinski definition) is 2. The lowest BCUT2D eigenvalue weighted by Crippen LogP contribution is -2.39. The molecule has 0 aromatic heterocycles. The highest BCUT2D eigenvalue weighted by Gasteiger charge is 2.24. The fourth-order valence-corrected chi connectivity index (χ4v) is 1.69. The number of carbonyl (C=O) groups excluding carboxylic acids is 1. The maximum Gasteiger partial charge on any atom is 0.323 e. The second kappa shape index (κ2) is 6.66. The Hall–Kier alpha value is -2.68. The van der Waals surface area contributed by atoms with Crippen molar-refractivity contribution in [3.8, 4) is 0 Å². The lowest BCUT2D eigenvalue weighted by atomic mass is 10.1. The first-order chi connectivity index (χ1) is 9.72. The van der Waals surface area contributed by atoms with Crippen molar-refractivity contribution in [3.63, 3.8) is 0 Å². The highest BCUT2D eigenvalue weighted by atomic mass is 35.5. The number of carbonyl (C=O) groups is 3. The molecule has 1 aromatic carbocycles. The van der Waals surface area contributed by atoms with Crippen LogP contribution in [0.1, 0.15) is 10.4 Å². The van der Waals surface area contributed by atoms with Gasteiger partial charge in [-0.2, -0.15) is 0 Å². The largest absolute Gasteiger partial charge is 0.480 e. The second-order valence-electron chi connectivity index (χ2n) is 3.87. The first-order valence-corrected chi connectivity index (χ1v) is 5.77. The normalized spacial score (nSPS) is 9.95. The van der Waals surface area contributed by atoms with E-state index < -0.39 is 41.5 Å². The van der Waals surface area contributed by atoms with Crippen LogP contribution >= 0.6 is 11.6 Å². The minimum atomic E-state index is -1.42. The van der Waals surface area contributed by atoms with Crippen LogP contribution in [0.5, 0.6) is 0 Å². The number of amides is 1. The van der Waals surface area contributed by atoms with Crippen molar-refractivity contribution < 1.29 is 29.5 Å². The molecule has 0 aliphatic carbocycles. The molecule has 9 nitrogen and oxygen atoms in total. The van der Waals surface area contributed by atoms with Gasteiger partial charge in [-0.25, -0.2) is 0 Å². The SMILES string of the molecule is O=C(O)CN(CC(=O)O)C(=O)c1cc([N+](=O)[O-])ccc1Cl. The van der Waals surface area contributed by atoms with Gasteiger partial charge in [0.15, 0.2) is 0 Å². The van der Waals surface area contributed by atoms with Gasteiger partial charge in [0, 0.05) is 12.1 Å². The summed E-state index contributed by atoms with van der Waals surface area (Å²) in [5.74, 6) is -3.87. The summed E-state index contributed by atoms with van der Waals surface area (Å²) in [6, 6.07) is 3.03. The van der Waals surface area contributed by atoms with Gasteiger partial charge < -0.3 is 15.1 Å². The maximum absolute atomic E-state index is 12.1. The average Bonchev–Trinajstić information content (AvgIpc) is 2.36. The number of non-ortho nitro benzene ring substituents is 1. The van der Waals surface area contributed by atoms with Crippen molar-refractivity contribution in [1.82, 2.24) is 4.90 Å². The molecule has 1 amide bonds. The summed E-state index contributed by atoms with van der Waals surface area (Å²) in [6.45, 7) is -1.74. The molecule has 0 saturated heterocycles. The van der Waals surface area contributed by atoms with Crippen LogP contribution in [0.3, 0.4) is 0 Å². The van der Waals surface area contributed by atoms with E-state index >= 15 is 0 Å². The number of carboxylic acid groups (broad SMARTS) is 2. The Morgan fingerprint density at radius 3 is 2.14 bits per heavy atom. The topological polar surface area (TPSA) is 138 Å². The van der Waals surface area contributed by atoms with Gasteiger partial charge in [-0.3, -0.25) is 24.5 Å². The van der Waals surface area contributed by atoms with Gasteiger partial charge in [0.05, 0.1) is 15.5 Å². The molecule has 0 heterocycles. The Morgan fingerprint density at radius 2 is 1.71 bits per heavy atom. The van der Waals surface area contributed by atoms with Crippen LogP contribution < -0.4 is 0 Å². The molecular weight excluding hydrogens is 308 g/mol.